The number of carbonyl (C=O) groups is 1. The van der Waals surface area contributed by atoms with Crippen molar-refractivity contribution < 1.29 is 18.4 Å². The summed E-state index contributed by atoms with van der Waals surface area (Å²) in [5, 5.41) is 3.89. The number of pyridine rings is 1. The van der Waals surface area contributed by atoms with Gasteiger partial charge in [-0.3, -0.25) is 9.78 Å². The van der Waals surface area contributed by atoms with Gasteiger partial charge in [0.05, 0.1) is 13.7 Å². The summed E-state index contributed by atoms with van der Waals surface area (Å²) in [6.07, 6.45) is 4.87. The Morgan fingerprint density at radius 2 is 2.23 bits per heavy atom. The molecule has 3 aromatic rings. The normalized spacial score (nSPS) is 18.9. The number of aryl methyl sites for hydroxylation is 1. The van der Waals surface area contributed by atoms with Gasteiger partial charge < -0.3 is 14.2 Å². The number of nitrogens with zero attached hydrogens (tertiary/aromatic N) is 4. The Labute approximate surface area is 173 Å². The van der Waals surface area contributed by atoms with Crippen LogP contribution in [-0.2, 0) is 16.9 Å². The molecule has 1 atom stereocenters. The Kier molecular flexibility index (Phi) is 5.74. The quantitative estimate of drug-likeness (QED) is 0.618. The number of amides is 1. The van der Waals surface area contributed by atoms with Crippen molar-refractivity contribution >= 4 is 5.91 Å². The lowest BCUT2D eigenvalue weighted by Gasteiger charge is -2.35. The maximum absolute atomic E-state index is 15.7. The molecule has 7 nitrogen and oxygen atoms in total. The van der Waals surface area contributed by atoms with Crippen LogP contribution in [0, 0.1) is 0 Å². The Balaban J connectivity index is 1.42. The number of piperidine rings is 1. The average molecular weight is 410 g/mol. The molecule has 30 heavy (non-hydrogen) atoms. The molecule has 1 aliphatic rings. The number of benzene rings is 1. The Morgan fingerprint density at radius 1 is 1.33 bits per heavy atom. The number of alkyl halides is 1. The molecule has 1 aliphatic heterocycles. The van der Waals surface area contributed by atoms with Crippen LogP contribution in [0.1, 0.15) is 30.7 Å². The first-order chi connectivity index (χ1) is 14.6. The molecule has 4 rings (SSSR count). The molecule has 0 saturated carbocycles. The third-order valence-corrected chi connectivity index (χ3v) is 5.29. The van der Waals surface area contributed by atoms with E-state index in [2.05, 4.69) is 15.1 Å². The van der Waals surface area contributed by atoms with Crippen LogP contribution in [0.3, 0.4) is 0 Å². The summed E-state index contributed by atoms with van der Waals surface area (Å²) in [6, 6.07) is 11.1. The summed E-state index contributed by atoms with van der Waals surface area (Å²) < 4.78 is 26.1. The zero-order chi connectivity index (χ0) is 21.0. The zero-order valence-electron chi connectivity index (χ0n) is 16.8. The largest absolute Gasteiger partial charge is 0.497 e. The maximum Gasteiger partial charge on any atom is 0.266 e. The van der Waals surface area contributed by atoms with Crippen LogP contribution in [0.4, 0.5) is 4.39 Å². The number of aromatic nitrogens is 3. The lowest BCUT2D eigenvalue weighted by atomic mass is 9.94. The van der Waals surface area contributed by atoms with Crippen molar-refractivity contribution in [3.63, 3.8) is 0 Å². The smallest absolute Gasteiger partial charge is 0.266 e. The van der Waals surface area contributed by atoms with E-state index in [0.29, 0.717) is 31.4 Å². The van der Waals surface area contributed by atoms with Gasteiger partial charge in [-0.25, -0.2) is 4.39 Å². The van der Waals surface area contributed by atoms with E-state index in [1.807, 2.05) is 24.3 Å². The molecule has 0 N–H and O–H groups in total. The number of ether oxygens (including phenoxy) is 1. The molecule has 0 aliphatic carbocycles. The van der Waals surface area contributed by atoms with Crippen molar-refractivity contribution in [2.24, 2.45) is 0 Å². The highest BCUT2D eigenvalue weighted by Gasteiger charge is 2.43. The predicted octanol–water partition coefficient (Wildman–Crippen LogP) is 3.56. The van der Waals surface area contributed by atoms with Crippen LogP contribution in [0.25, 0.3) is 11.4 Å². The lowest BCUT2D eigenvalue weighted by molar-refractivity contribution is -0.136. The molecule has 0 bridgehead atoms. The minimum absolute atomic E-state index is 0.0847. The van der Waals surface area contributed by atoms with E-state index in [9.17, 15) is 4.79 Å². The molecule has 1 aromatic carbocycles. The number of likely N-dealkylation sites (tertiary alicyclic amines) is 1. The van der Waals surface area contributed by atoms with Crippen molar-refractivity contribution in [3.05, 3.63) is 60.2 Å². The van der Waals surface area contributed by atoms with Gasteiger partial charge in [-0.15, -0.1) is 0 Å². The summed E-state index contributed by atoms with van der Waals surface area (Å²) in [4.78, 5) is 22.5. The zero-order valence-corrected chi connectivity index (χ0v) is 16.8. The standard InChI is InChI=1S/C22H23FN4O3/c1-29-18-7-2-5-16(13-18)8-9-19(28)27-12-4-10-22(23,15-27)21-25-20(26-30-21)17-6-3-11-24-14-17/h2-3,5-7,11,13-14H,4,8-10,12,15H2,1H3. The Morgan fingerprint density at radius 3 is 3.03 bits per heavy atom. The number of methoxy groups -OCH3 is 1. The number of hydrogen-bond acceptors (Lipinski definition) is 6. The first-order valence-corrected chi connectivity index (χ1v) is 9.92. The second-order valence-corrected chi connectivity index (χ2v) is 7.40. The minimum atomic E-state index is -1.85. The van der Waals surface area contributed by atoms with Crippen LogP contribution in [0.15, 0.2) is 53.3 Å². The van der Waals surface area contributed by atoms with E-state index in [4.69, 9.17) is 9.26 Å². The summed E-state index contributed by atoms with van der Waals surface area (Å²) in [7, 11) is 1.61. The number of rotatable bonds is 6. The fourth-order valence-electron chi connectivity index (χ4n) is 3.65. The molecule has 156 valence electrons. The van der Waals surface area contributed by atoms with E-state index < -0.39 is 5.67 Å². The molecular weight excluding hydrogens is 387 g/mol. The van der Waals surface area contributed by atoms with Crippen molar-refractivity contribution in [2.75, 3.05) is 20.2 Å². The number of carbonyl (C=O) groups excluding carboxylic acids is 1. The highest BCUT2D eigenvalue weighted by Crippen LogP contribution is 2.35. The second-order valence-electron chi connectivity index (χ2n) is 7.40. The van der Waals surface area contributed by atoms with E-state index in [1.54, 1.807) is 36.5 Å². The van der Waals surface area contributed by atoms with Gasteiger partial charge in [-0.2, -0.15) is 4.98 Å². The first kappa shape index (κ1) is 20.0. The Bertz CT molecular complexity index is 1010. The molecule has 1 amide bonds. The number of hydrogen-bond donors (Lipinski definition) is 0. The molecule has 1 saturated heterocycles. The van der Waals surface area contributed by atoms with Gasteiger partial charge in [0.25, 0.3) is 5.89 Å². The summed E-state index contributed by atoms with van der Waals surface area (Å²) >= 11 is 0. The van der Waals surface area contributed by atoms with E-state index in [0.717, 1.165) is 11.3 Å². The topological polar surface area (TPSA) is 81.4 Å². The fraction of sp³-hybridized carbons (Fsp3) is 0.364. The predicted molar refractivity (Wildman–Crippen MR) is 107 cm³/mol. The van der Waals surface area contributed by atoms with Gasteiger partial charge in [-0.1, -0.05) is 17.3 Å². The monoisotopic (exact) mass is 410 g/mol. The first-order valence-electron chi connectivity index (χ1n) is 9.92. The van der Waals surface area contributed by atoms with E-state index in [1.165, 1.54) is 0 Å². The fourth-order valence-corrected chi connectivity index (χ4v) is 3.65. The number of halogens is 1. The van der Waals surface area contributed by atoms with Gasteiger partial charge in [0.15, 0.2) is 0 Å². The minimum Gasteiger partial charge on any atom is -0.497 e. The van der Waals surface area contributed by atoms with Crippen molar-refractivity contribution in [3.8, 4) is 17.1 Å². The highest BCUT2D eigenvalue weighted by molar-refractivity contribution is 5.76. The SMILES string of the molecule is COc1cccc(CCC(=O)N2CCCC(F)(c3nc(-c4cccnc4)no3)C2)c1. The summed E-state index contributed by atoms with van der Waals surface area (Å²) in [6.45, 7) is 0.435. The third kappa shape index (κ3) is 4.32. The molecule has 1 unspecified atom stereocenters. The molecule has 0 radical (unpaired) electrons. The lowest BCUT2D eigenvalue weighted by Crippen LogP contribution is -2.46. The van der Waals surface area contributed by atoms with Crippen LogP contribution in [0.2, 0.25) is 0 Å². The third-order valence-electron chi connectivity index (χ3n) is 5.29. The maximum atomic E-state index is 15.7. The highest BCUT2D eigenvalue weighted by atomic mass is 19.1. The molecule has 8 heteroatoms. The summed E-state index contributed by atoms with van der Waals surface area (Å²) in [5.41, 5.74) is -0.195. The van der Waals surface area contributed by atoms with Crippen molar-refractivity contribution in [2.45, 2.75) is 31.4 Å². The van der Waals surface area contributed by atoms with Crippen LogP contribution < -0.4 is 4.74 Å². The average Bonchev–Trinajstić information content (AvgIpc) is 3.30. The molecule has 0 spiro atoms. The molecule has 1 fully saturated rings. The van der Waals surface area contributed by atoms with Gasteiger partial charge in [0.2, 0.25) is 17.4 Å². The van der Waals surface area contributed by atoms with E-state index in [-0.39, 0.29) is 30.6 Å². The van der Waals surface area contributed by atoms with Crippen molar-refractivity contribution in [1.29, 1.82) is 0 Å². The van der Waals surface area contributed by atoms with Crippen LogP contribution in [0.5, 0.6) is 5.75 Å². The molecule has 2 aromatic heterocycles. The van der Waals surface area contributed by atoms with Gasteiger partial charge in [0, 0.05) is 30.9 Å². The van der Waals surface area contributed by atoms with Gasteiger partial charge in [0.1, 0.15) is 5.75 Å². The Hall–Kier alpha value is -3.29. The molecular formula is C22H23FN4O3. The van der Waals surface area contributed by atoms with Gasteiger partial charge >= 0.3 is 0 Å². The second kappa shape index (κ2) is 8.61. The van der Waals surface area contributed by atoms with Crippen LogP contribution >= 0.6 is 0 Å². The van der Waals surface area contributed by atoms with Crippen LogP contribution in [-0.4, -0.2) is 46.1 Å². The van der Waals surface area contributed by atoms with Gasteiger partial charge in [-0.05, 0) is 49.1 Å². The van der Waals surface area contributed by atoms with Crippen molar-refractivity contribution in [1.82, 2.24) is 20.0 Å². The summed E-state index contributed by atoms with van der Waals surface area (Å²) in [5.74, 6) is 0.858. The van der Waals surface area contributed by atoms with E-state index >= 15 is 4.39 Å². The molecule has 3 heterocycles.